The monoisotopic (exact) mass is 421 g/mol. The Morgan fingerprint density at radius 2 is 1.83 bits per heavy atom. The largest absolute Gasteiger partial charge is 0.459 e. The lowest BCUT2D eigenvalue weighted by molar-refractivity contribution is -0.147. The van der Waals surface area contributed by atoms with Crippen molar-refractivity contribution >= 4 is 20.4 Å². The van der Waals surface area contributed by atoms with Gasteiger partial charge in [-0.05, 0) is 36.5 Å². The van der Waals surface area contributed by atoms with Crippen LogP contribution in [0.3, 0.4) is 0 Å². The van der Waals surface area contributed by atoms with E-state index in [1.54, 1.807) is 0 Å². The molecule has 162 valence electrons. The Morgan fingerprint density at radius 1 is 1.17 bits per heavy atom. The highest BCUT2D eigenvalue weighted by Crippen LogP contribution is 2.36. The molecule has 0 spiro atoms. The Bertz CT molecular complexity index is 655. The smallest absolute Gasteiger partial charge is 0.408 e. The molecule has 1 N–H and O–H groups in total. The van der Waals surface area contributed by atoms with Crippen molar-refractivity contribution in [3.8, 4) is 0 Å². The number of alkyl carbamates (subject to hydrolysis) is 1. The third-order valence-electron chi connectivity index (χ3n) is 5.04. The van der Waals surface area contributed by atoms with E-state index >= 15 is 0 Å². The SMILES string of the molecule is C=CCOC(=O)N[C@@H](CCCO[Si](C)(C)C(C)(C)C)C(=O)OCc1ccccc1. The highest BCUT2D eigenvalue weighted by atomic mass is 28.4. The van der Waals surface area contributed by atoms with Crippen molar-refractivity contribution in [3.63, 3.8) is 0 Å². The summed E-state index contributed by atoms with van der Waals surface area (Å²) in [6, 6.07) is 8.61. The molecule has 1 rings (SSSR count). The molecule has 0 heterocycles. The Hall–Kier alpha value is -2.12. The van der Waals surface area contributed by atoms with Crippen molar-refractivity contribution in [2.75, 3.05) is 13.2 Å². The lowest BCUT2D eigenvalue weighted by Crippen LogP contribution is -2.43. The van der Waals surface area contributed by atoms with Crippen LogP contribution in [-0.2, 0) is 25.3 Å². The second-order valence-corrected chi connectivity index (χ2v) is 13.2. The zero-order valence-corrected chi connectivity index (χ0v) is 19.3. The molecule has 0 fully saturated rings. The van der Waals surface area contributed by atoms with Crippen molar-refractivity contribution < 1.29 is 23.5 Å². The number of rotatable bonds is 11. The number of hydrogen-bond acceptors (Lipinski definition) is 5. The Labute approximate surface area is 175 Å². The Kier molecular flexibility index (Phi) is 10.1. The molecule has 0 unspecified atom stereocenters. The lowest BCUT2D eigenvalue weighted by atomic mass is 10.1. The van der Waals surface area contributed by atoms with Crippen LogP contribution in [0.2, 0.25) is 18.1 Å². The number of amides is 1. The van der Waals surface area contributed by atoms with Gasteiger partial charge in [0.2, 0.25) is 0 Å². The molecule has 0 aliphatic heterocycles. The average molecular weight is 422 g/mol. The number of ether oxygens (including phenoxy) is 2. The predicted octanol–water partition coefficient (Wildman–Crippen LogP) is 4.81. The van der Waals surface area contributed by atoms with Crippen LogP contribution < -0.4 is 5.32 Å². The van der Waals surface area contributed by atoms with Gasteiger partial charge in [0.15, 0.2) is 8.32 Å². The summed E-state index contributed by atoms with van der Waals surface area (Å²) in [5.41, 5.74) is 0.884. The normalized spacial score (nSPS) is 12.7. The van der Waals surface area contributed by atoms with Crippen LogP contribution in [0.15, 0.2) is 43.0 Å². The van der Waals surface area contributed by atoms with Crippen molar-refractivity contribution in [2.45, 2.75) is 64.4 Å². The molecule has 1 atom stereocenters. The van der Waals surface area contributed by atoms with E-state index in [0.717, 1.165) is 5.56 Å². The fourth-order valence-corrected chi connectivity index (χ4v) is 3.32. The fourth-order valence-electron chi connectivity index (χ4n) is 2.23. The summed E-state index contributed by atoms with van der Waals surface area (Å²) in [6.45, 7) is 15.2. The van der Waals surface area contributed by atoms with E-state index in [1.807, 2.05) is 30.3 Å². The zero-order valence-electron chi connectivity index (χ0n) is 18.3. The molecular weight excluding hydrogens is 386 g/mol. The van der Waals surface area contributed by atoms with Crippen LogP contribution >= 0.6 is 0 Å². The topological polar surface area (TPSA) is 73.9 Å². The molecule has 1 aromatic rings. The van der Waals surface area contributed by atoms with Crippen LogP contribution in [0.1, 0.15) is 39.2 Å². The van der Waals surface area contributed by atoms with Gasteiger partial charge in [0.1, 0.15) is 19.3 Å². The maximum absolute atomic E-state index is 12.5. The first kappa shape index (κ1) is 24.9. The molecule has 0 bridgehead atoms. The van der Waals surface area contributed by atoms with Gasteiger partial charge in [0.25, 0.3) is 0 Å². The van der Waals surface area contributed by atoms with Crippen molar-refractivity contribution in [2.24, 2.45) is 0 Å². The van der Waals surface area contributed by atoms with Gasteiger partial charge in [-0.25, -0.2) is 9.59 Å². The van der Waals surface area contributed by atoms with Gasteiger partial charge in [-0.15, -0.1) is 0 Å². The molecular formula is C22H35NO5Si. The maximum atomic E-state index is 12.5. The molecule has 0 radical (unpaired) electrons. The fraction of sp³-hybridized carbons (Fsp3) is 0.545. The van der Waals surface area contributed by atoms with Crippen LogP contribution in [0, 0.1) is 0 Å². The van der Waals surface area contributed by atoms with Gasteiger partial charge in [-0.1, -0.05) is 63.8 Å². The summed E-state index contributed by atoms with van der Waals surface area (Å²) in [5.74, 6) is -0.489. The van der Waals surface area contributed by atoms with Gasteiger partial charge in [0, 0.05) is 6.61 Å². The third kappa shape index (κ3) is 9.28. The van der Waals surface area contributed by atoms with E-state index in [1.165, 1.54) is 6.08 Å². The summed E-state index contributed by atoms with van der Waals surface area (Å²) < 4.78 is 16.5. The minimum atomic E-state index is -1.85. The Morgan fingerprint density at radius 3 is 2.41 bits per heavy atom. The molecule has 1 aromatic carbocycles. The Balaban J connectivity index is 2.61. The van der Waals surface area contributed by atoms with Crippen molar-refractivity contribution in [1.29, 1.82) is 0 Å². The van der Waals surface area contributed by atoms with Gasteiger partial charge >= 0.3 is 12.1 Å². The number of benzene rings is 1. The van der Waals surface area contributed by atoms with E-state index in [2.05, 4.69) is 45.8 Å². The minimum absolute atomic E-state index is 0.0755. The average Bonchev–Trinajstić information content (AvgIpc) is 2.66. The van der Waals surface area contributed by atoms with E-state index in [4.69, 9.17) is 13.9 Å². The first-order chi connectivity index (χ1) is 13.6. The predicted molar refractivity (Wildman–Crippen MR) is 117 cm³/mol. The minimum Gasteiger partial charge on any atom is -0.459 e. The zero-order chi connectivity index (χ0) is 21.9. The van der Waals surface area contributed by atoms with Gasteiger partial charge in [0.05, 0.1) is 0 Å². The summed E-state index contributed by atoms with van der Waals surface area (Å²) in [4.78, 5) is 24.4. The maximum Gasteiger partial charge on any atom is 0.408 e. The second-order valence-electron chi connectivity index (χ2n) is 8.43. The second kappa shape index (κ2) is 11.8. The number of hydrogen-bond donors (Lipinski definition) is 1. The molecule has 0 saturated carbocycles. The number of nitrogens with one attached hydrogen (secondary N) is 1. The number of esters is 1. The van der Waals surface area contributed by atoms with Gasteiger partial charge in [-0.2, -0.15) is 0 Å². The molecule has 0 aliphatic carbocycles. The van der Waals surface area contributed by atoms with Gasteiger partial charge < -0.3 is 19.2 Å². The van der Waals surface area contributed by atoms with E-state index in [0.29, 0.717) is 19.4 Å². The number of carbonyl (C=O) groups excluding carboxylic acids is 2. The van der Waals surface area contributed by atoms with Crippen LogP contribution in [0.5, 0.6) is 0 Å². The van der Waals surface area contributed by atoms with Crippen molar-refractivity contribution in [1.82, 2.24) is 5.32 Å². The highest BCUT2D eigenvalue weighted by Gasteiger charge is 2.37. The first-order valence-corrected chi connectivity index (χ1v) is 12.9. The van der Waals surface area contributed by atoms with Gasteiger partial charge in [-0.3, -0.25) is 0 Å². The first-order valence-electron chi connectivity index (χ1n) is 9.95. The standard InChI is InChI=1S/C22H35NO5Si/c1-7-15-26-21(25)23-19(14-11-16-28-29(5,6)22(2,3)4)20(24)27-17-18-12-9-8-10-13-18/h7-10,12-13,19H,1,11,14-17H2,2-6H3,(H,23,25)/t19-/m0/s1. The number of carbonyl (C=O) groups is 2. The van der Waals surface area contributed by atoms with Crippen molar-refractivity contribution in [3.05, 3.63) is 48.6 Å². The summed E-state index contributed by atoms with van der Waals surface area (Å²) in [5, 5.41) is 2.71. The summed E-state index contributed by atoms with van der Waals surface area (Å²) in [6.07, 6.45) is 1.83. The summed E-state index contributed by atoms with van der Waals surface area (Å²) in [7, 11) is -1.85. The van der Waals surface area contributed by atoms with E-state index in [9.17, 15) is 9.59 Å². The van der Waals surface area contributed by atoms with Crippen LogP contribution in [-0.4, -0.2) is 39.6 Å². The molecule has 29 heavy (non-hydrogen) atoms. The molecule has 0 saturated heterocycles. The third-order valence-corrected chi connectivity index (χ3v) is 9.58. The quantitative estimate of drug-likeness (QED) is 0.240. The van der Waals surface area contributed by atoms with E-state index in [-0.39, 0.29) is 18.3 Å². The molecule has 0 aliphatic rings. The highest BCUT2D eigenvalue weighted by molar-refractivity contribution is 6.74. The summed E-state index contributed by atoms with van der Waals surface area (Å²) >= 11 is 0. The molecule has 6 nitrogen and oxygen atoms in total. The van der Waals surface area contributed by atoms with Crippen LogP contribution in [0.4, 0.5) is 4.79 Å². The van der Waals surface area contributed by atoms with Crippen LogP contribution in [0.25, 0.3) is 0 Å². The molecule has 7 heteroatoms. The molecule has 1 amide bonds. The lowest BCUT2D eigenvalue weighted by Gasteiger charge is -2.36. The molecule has 0 aromatic heterocycles. The van der Waals surface area contributed by atoms with E-state index < -0.39 is 26.4 Å².